The highest BCUT2D eigenvalue weighted by atomic mass is 35.5. The lowest BCUT2D eigenvalue weighted by molar-refractivity contribution is 0.0939. The number of nitrogens with one attached hydrogen (secondary N) is 2. The minimum atomic E-state index is -0.509. The molecule has 122 valence electrons. The molecule has 0 atom stereocenters. The fourth-order valence-electron chi connectivity index (χ4n) is 1.46. The summed E-state index contributed by atoms with van der Waals surface area (Å²) in [5.74, 6) is -1.08. The Balaban J connectivity index is 0. The SMILES string of the molecule is CC(C)C(=O)c1cccc(N(N=NC(=N)N)C(=N)N)c1.Cl.Cl. The first-order valence-electron chi connectivity index (χ1n) is 5.87. The molecule has 0 saturated heterocycles. The van der Waals surface area contributed by atoms with Crippen molar-refractivity contribution in [1.82, 2.24) is 0 Å². The molecule has 0 spiro atoms. The normalized spacial score (nSPS) is 9.77. The van der Waals surface area contributed by atoms with E-state index >= 15 is 0 Å². The lowest BCUT2D eigenvalue weighted by atomic mass is 10.0. The molecule has 0 aliphatic heterocycles. The van der Waals surface area contributed by atoms with E-state index < -0.39 is 11.9 Å². The zero-order chi connectivity index (χ0) is 15.3. The highest BCUT2D eigenvalue weighted by molar-refractivity contribution is 5.99. The molecule has 0 bridgehead atoms. The summed E-state index contributed by atoms with van der Waals surface area (Å²) in [6.45, 7) is 3.60. The number of Topliss-reactive ketones (excluding diaryl/α,β-unsaturated/α-hetero) is 1. The zero-order valence-corrected chi connectivity index (χ0v) is 13.7. The standard InChI is InChI=1S/C12H17N7O.2ClH/c1-7(2)10(20)8-4-3-5-9(6-8)19(12(15)16)18-17-11(13)14;;/h3-7H,1-2H3,(H3,13,14)(H3,15,16);2*1H. The summed E-state index contributed by atoms with van der Waals surface area (Å²) in [6, 6.07) is 6.51. The maximum Gasteiger partial charge on any atom is 0.234 e. The molecule has 0 saturated carbocycles. The van der Waals surface area contributed by atoms with E-state index in [0.717, 1.165) is 5.01 Å². The van der Waals surface area contributed by atoms with Crippen molar-refractivity contribution in [1.29, 1.82) is 10.8 Å². The number of halogens is 2. The van der Waals surface area contributed by atoms with Crippen LogP contribution >= 0.6 is 24.8 Å². The molecule has 0 heterocycles. The number of anilines is 1. The lowest BCUT2D eigenvalue weighted by Crippen LogP contribution is -2.32. The molecule has 0 radical (unpaired) electrons. The Morgan fingerprint density at radius 3 is 2.27 bits per heavy atom. The second-order valence-corrected chi connectivity index (χ2v) is 4.34. The van der Waals surface area contributed by atoms with Crippen LogP contribution in [0.5, 0.6) is 0 Å². The van der Waals surface area contributed by atoms with Gasteiger partial charge in [-0.15, -0.1) is 24.8 Å². The van der Waals surface area contributed by atoms with Crippen molar-refractivity contribution in [3.8, 4) is 0 Å². The number of ketones is 1. The van der Waals surface area contributed by atoms with E-state index in [4.69, 9.17) is 22.3 Å². The molecule has 10 heteroatoms. The average Bonchev–Trinajstić information content (AvgIpc) is 2.37. The third-order valence-corrected chi connectivity index (χ3v) is 2.37. The number of nitrogens with two attached hydrogens (primary N) is 2. The molecule has 22 heavy (non-hydrogen) atoms. The summed E-state index contributed by atoms with van der Waals surface area (Å²) < 4.78 is 0. The highest BCUT2D eigenvalue weighted by Crippen LogP contribution is 2.18. The van der Waals surface area contributed by atoms with E-state index in [2.05, 4.69) is 10.3 Å². The van der Waals surface area contributed by atoms with Crippen LogP contribution in [0.4, 0.5) is 5.69 Å². The third-order valence-electron chi connectivity index (χ3n) is 2.37. The van der Waals surface area contributed by atoms with E-state index in [1.807, 2.05) is 0 Å². The Morgan fingerprint density at radius 2 is 1.82 bits per heavy atom. The minimum Gasteiger partial charge on any atom is -0.368 e. The molecule has 0 aromatic heterocycles. The number of hydrogen-bond donors (Lipinski definition) is 4. The van der Waals surface area contributed by atoms with Gasteiger partial charge < -0.3 is 11.5 Å². The molecule has 1 aromatic carbocycles. The Labute approximate surface area is 140 Å². The van der Waals surface area contributed by atoms with E-state index in [9.17, 15) is 4.79 Å². The Hall–Kier alpha value is -2.19. The number of nitrogens with zero attached hydrogens (tertiary/aromatic N) is 3. The monoisotopic (exact) mass is 347 g/mol. The fourth-order valence-corrected chi connectivity index (χ4v) is 1.46. The van der Waals surface area contributed by atoms with Crippen molar-refractivity contribution in [3.05, 3.63) is 29.8 Å². The van der Waals surface area contributed by atoms with Crippen LogP contribution in [0, 0.1) is 16.7 Å². The Bertz CT molecular complexity index is 574. The largest absolute Gasteiger partial charge is 0.368 e. The van der Waals surface area contributed by atoms with Gasteiger partial charge in [0.2, 0.25) is 11.9 Å². The topological polar surface area (TPSA) is 145 Å². The van der Waals surface area contributed by atoms with Crippen LogP contribution in [-0.4, -0.2) is 17.7 Å². The molecule has 0 aliphatic carbocycles. The van der Waals surface area contributed by atoms with E-state index in [1.54, 1.807) is 38.1 Å². The van der Waals surface area contributed by atoms with Gasteiger partial charge in [0.1, 0.15) is 0 Å². The molecular weight excluding hydrogens is 329 g/mol. The first-order valence-corrected chi connectivity index (χ1v) is 5.87. The molecule has 6 N–H and O–H groups in total. The number of hydrogen-bond acceptors (Lipinski definition) is 4. The minimum absolute atomic E-state index is 0. The van der Waals surface area contributed by atoms with Crippen molar-refractivity contribution in [2.45, 2.75) is 13.8 Å². The maximum atomic E-state index is 11.9. The van der Waals surface area contributed by atoms with Crippen LogP contribution in [0.2, 0.25) is 0 Å². The summed E-state index contributed by atoms with van der Waals surface area (Å²) in [5.41, 5.74) is 11.4. The summed E-state index contributed by atoms with van der Waals surface area (Å²) >= 11 is 0. The van der Waals surface area contributed by atoms with Crippen molar-refractivity contribution in [2.24, 2.45) is 27.7 Å². The van der Waals surface area contributed by atoms with E-state index in [0.29, 0.717) is 11.3 Å². The molecular formula is C12H19Cl2N7O. The first kappa shape index (κ1) is 22.1. The second kappa shape index (κ2) is 9.69. The molecule has 0 amide bonds. The quantitative estimate of drug-likeness (QED) is 0.217. The number of carbonyl (C=O) groups excluding carboxylic acids is 1. The third kappa shape index (κ3) is 6.06. The maximum absolute atomic E-state index is 11.9. The molecule has 0 fully saturated rings. The average molecular weight is 348 g/mol. The van der Waals surface area contributed by atoms with Gasteiger partial charge in [-0.3, -0.25) is 15.6 Å². The van der Waals surface area contributed by atoms with Gasteiger partial charge in [-0.1, -0.05) is 36.3 Å². The second-order valence-electron chi connectivity index (χ2n) is 4.34. The van der Waals surface area contributed by atoms with Crippen LogP contribution in [0.1, 0.15) is 24.2 Å². The Kier molecular flexibility index (Phi) is 9.74. The van der Waals surface area contributed by atoms with Crippen LogP contribution in [-0.2, 0) is 0 Å². The zero-order valence-electron chi connectivity index (χ0n) is 12.1. The van der Waals surface area contributed by atoms with E-state index in [-0.39, 0.29) is 36.5 Å². The summed E-state index contributed by atoms with van der Waals surface area (Å²) in [6.07, 6.45) is 0. The van der Waals surface area contributed by atoms with Crippen molar-refractivity contribution in [3.63, 3.8) is 0 Å². The van der Waals surface area contributed by atoms with E-state index in [1.165, 1.54) is 0 Å². The molecule has 8 nitrogen and oxygen atoms in total. The summed E-state index contributed by atoms with van der Waals surface area (Å²) in [7, 11) is 0. The van der Waals surface area contributed by atoms with Crippen molar-refractivity contribution in [2.75, 3.05) is 5.01 Å². The number of carbonyl (C=O) groups is 1. The van der Waals surface area contributed by atoms with Crippen LogP contribution in [0.15, 0.2) is 34.6 Å². The summed E-state index contributed by atoms with van der Waals surface area (Å²) in [4.78, 5) is 11.9. The molecule has 1 aromatic rings. The van der Waals surface area contributed by atoms with Crippen LogP contribution in [0.3, 0.4) is 0 Å². The number of rotatable bonds is 4. The smallest absolute Gasteiger partial charge is 0.234 e. The van der Waals surface area contributed by atoms with Gasteiger partial charge in [-0.05, 0) is 12.1 Å². The first-order chi connectivity index (χ1) is 9.32. The van der Waals surface area contributed by atoms with Gasteiger partial charge in [-0.2, -0.15) is 5.01 Å². The number of benzene rings is 1. The van der Waals surface area contributed by atoms with Gasteiger partial charge >= 0.3 is 0 Å². The van der Waals surface area contributed by atoms with Gasteiger partial charge in [0.25, 0.3) is 0 Å². The predicted molar refractivity (Wildman–Crippen MR) is 91.3 cm³/mol. The van der Waals surface area contributed by atoms with Crippen LogP contribution in [0.25, 0.3) is 0 Å². The molecule has 0 aliphatic rings. The van der Waals surface area contributed by atoms with Crippen LogP contribution < -0.4 is 16.5 Å². The van der Waals surface area contributed by atoms with Gasteiger partial charge in [-0.25, -0.2) is 0 Å². The lowest BCUT2D eigenvalue weighted by Gasteiger charge is -2.16. The predicted octanol–water partition coefficient (Wildman–Crippen LogP) is 2.33. The fraction of sp³-hybridized carbons (Fsp3) is 0.250. The van der Waals surface area contributed by atoms with Crippen molar-refractivity contribution >= 4 is 48.2 Å². The van der Waals surface area contributed by atoms with Gasteiger partial charge in [0, 0.05) is 11.5 Å². The van der Waals surface area contributed by atoms with Gasteiger partial charge in [0.15, 0.2) is 5.78 Å². The van der Waals surface area contributed by atoms with Crippen molar-refractivity contribution < 1.29 is 4.79 Å². The summed E-state index contributed by atoms with van der Waals surface area (Å²) in [5, 5.41) is 22.3. The highest BCUT2D eigenvalue weighted by Gasteiger charge is 2.14. The number of guanidine groups is 2. The molecule has 1 rings (SSSR count). The van der Waals surface area contributed by atoms with Gasteiger partial charge in [0.05, 0.1) is 5.69 Å². The Morgan fingerprint density at radius 1 is 1.23 bits per heavy atom. The molecule has 0 unspecified atom stereocenters.